The minimum Gasteiger partial charge on any atom is -0.507 e. The molecule has 4 heterocycles. The molecule has 2 aliphatic rings. The first-order chi connectivity index (χ1) is 14.1. The van der Waals surface area contributed by atoms with Gasteiger partial charge in [0.1, 0.15) is 11.3 Å². The third-order valence-corrected chi connectivity index (χ3v) is 6.35. The predicted molar refractivity (Wildman–Crippen MR) is 112 cm³/mol. The lowest BCUT2D eigenvalue weighted by atomic mass is 9.89. The maximum absolute atomic E-state index is 13.3. The number of nitrogens with zero attached hydrogens (tertiary/aromatic N) is 4. The molecule has 3 aromatic rings. The zero-order valence-electron chi connectivity index (χ0n) is 16.7. The lowest BCUT2D eigenvalue weighted by Gasteiger charge is -2.46. The molecule has 0 bridgehead atoms. The third kappa shape index (κ3) is 2.41. The number of phenols is 1. The average molecular weight is 388 g/mol. The van der Waals surface area contributed by atoms with Crippen LogP contribution in [0, 0.1) is 6.92 Å². The van der Waals surface area contributed by atoms with Gasteiger partial charge in [-0.05, 0) is 56.2 Å². The second kappa shape index (κ2) is 6.37. The van der Waals surface area contributed by atoms with E-state index in [0.717, 1.165) is 30.2 Å². The van der Waals surface area contributed by atoms with E-state index in [9.17, 15) is 9.90 Å². The van der Waals surface area contributed by atoms with Crippen LogP contribution in [0.25, 0.3) is 5.82 Å². The van der Waals surface area contributed by atoms with E-state index in [0.29, 0.717) is 24.2 Å². The summed E-state index contributed by atoms with van der Waals surface area (Å²) >= 11 is 0. The van der Waals surface area contributed by atoms with Gasteiger partial charge in [-0.15, -0.1) is 0 Å². The SMILES string of the molecule is CCN1c2cccnc2-n2cccc2C12CCN(C(=O)c1cccc(C)c1O)C2. The summed E-state index contributed by atoms with van der Waals surface area (Å²) in [6.07, 6.45) is 4.70. The number of carbonyl (C=O) groups is 1. The minimum atomic E-state index is -0.302. The summed E-state index contributed by atoms with van der Waals surface area (Å²) in [7, 11) is 0. The molecule has 1 spiro atoms. The standard InChI is InChI=1S/C23H24N4O2/c1-3-27-18-9-5-12-24-21(18)26-13-6-10-19(26)23(27)11-14-25(15-23)22(29)17-8-4-7-16(2)20(17)28/h4-10,12-13,28H,3,11,14-15H2,1-2H3. The molecule has 1 N–H and O–H groups in total. The Morgan fingerprint density at radius 3 is 2.90 bits per heavy atom. The Labute approximate surface area is 170 Å². The van der Waals surface area contributed by atoms with Crippen molar-refractivity contribution in [3.63, 3.8) is 0 Å². The first-order valence-corrected chi connectivity index (χ1v) is 10.1. The number of likely N-dealkylation sites (N-methyl/N-ethyl adjacent to an activating group) is 1. The van der Waals surface area contributed by atoms with Gasteiger partial charge in [0.25, 0.3) is 5.91 Å². The average Bonchev–Trinajstić information content (AvgIpc) is 3.39. The van der Waals surface area contributed by atoms with Crippen molar-refractivity contribution < 1.29 is 9.90 Å². The zero-order chi connectivity index (χ0) is 20.2. The van der Waals surface area contributed by atoms with Crippen molar-refractivity contribution in [1.29, 1.82) is 0 Å². The molecular weight excluding hydrogens is 364 g/mol. The van der Waals surface area contributed by atoms with E-state index in [-0.39, 0.29) is 17.2 Å². The molecule has 0 radical (unpaired) electrons. The summed E-state index contributed by atoms with van der Waals surface area (Å²) in [5.74, 6) is 0.891. The molecule has 6 nitrogen and oxygen atoms in total. The van der Waals surface area contributed by atoms with E-state index in [1.54, 1.807) is 6.07 Å². The van der Waals surface area contributed by atoms with Crippen LogP contribution in [0.15, 0.2) is 54.9 Å². The number of para-hydroxylation sites is 1. The number of likely N-dealkylation sites (tertiary alicyclic amines) is 1. The number of anilines is 1. The molecule has 6 heteroatoms. The first-order valence-electron chi connectivity index (χ1n) is 10.1. The number of phenolic OH excluding ortho intramolecular Hbond substituents is 1. The second-order valence-corrected chi connectivity index (χ2v) is 7.83. The monoisotopic (exact) mass is 388 g/mol. The van der Waals surface area contributed by atoms with Crippen LogP contribution in [-0.4, -0.2) is 45.1 Å². The van der Waals surface area contributed by atoms with Crippen molar-refractivity contribution in [2.75, 3.05) is 24.5 Å². The smallest absolute Gasteiger partial charge is 0.257 e. The Hall–Kier alpha value is -3.28. The van der Waals surface area contributed by atoms with Crippen molar-refractivity contribution in [3.8, 4) is 11.6 Å². The van der Waals surface area contributed by atoms with Gasteiger partial charge in [-0.1, -0.05) is 12.1 Å². The lowest BCUT2D eigenvalue weighted by molar-refractivity contribution is 0.0779. The molecule has 29 heavy (non-hydrogen) atoms. The van der Waals surface area contributed by atoms with Crippen LogP contribution < -0.4 is 4.90 Å². The van der Waals surface area contributed by atoms with Crippen molar-refractivity contribution >= 4 is 11.6 Å². The van der Waals surface area contributed by atoms with Gasteiger partial charge in [0.15, 0.2) is 5.82 Å². The second-order valence-electron chi connectivity index (χ2n) is 7.83. The van der Waals surface area contributed by atoms with E-state index in [2.05, 4.69) is 33.5 Å². The molecule has 1 saturated heterocycles. The van der Waals surface area contributed by atoms with Crippen LogP contribution in [0.4, 0.5) is 5.69 Å². The highest BCUT2D eigenvalue weighted by molar-refractivity contribution is 5.97. The largest absolute Gasteiger partial charge is 0.507 e. The molecule has 1 fully saturated rings. The van der Waals surface area contributed by atoms with Gasteiger partial charge in [-0.2, -0.15) is 0 Å². The van der Waals surface area contributed by atoms with E-state index in [4.69, 9.17) is 0 Å². The van der Waals surface area contributed by atoms with E-state index in [1.165, 1.54) is 0 Å². The quantitative estimate of drug-likeness (QED) is 0.730. The van der Waals surface area contributed by atoms with Gasteiger partial charge in [0, 0.05) is 32.0 Å². The van der Waals surface area contributed by atoms with Gasteiger partial charge >= 0.3 is 0 Å². The Kier molecular flexibility index (Phi) is 3.91. The highest BCUT2D eigenvalue weighted by Crippen LogP contribution is 2.47. The van der Waals surface area contributed by atoms with Gasteiger partial charge in [-0.3, -0.25) is 4.79 Å². The fourth-order valence-corrected chi connectivity index (χ4v) is 4.97. The summed E-state index contributed by atoms with van der Waals surface area (Å²) in [5.41, 5.74) is 3.04. The van der Waals surface area contributed by atoms with Crippen LogP contribution in [0.3, 0.4) is 0 Å². The summed E-state index contributed by atoms with van der Waals surface area (Å²) in [4.78, 5) is 22.1. The number of aryl methyl sites for hydroxylation is 1. The number of aromatic nitrogens is 2. The summed E-state index contributed by atoms with van der Waals surface area (Å²) in [6.45, 7) is 6.00. The zero-order valence-corrected chi connectivity index (χ0v) is 16.7. The molecule has 0 saturated carbocycles. The van der Waals surface area contributed by atoms with Crippen LogP contribution >= 0.6 is 0 Å². The molecular formula is C23H24N4O2. The van der Waals surface area contributed by atoms with E-state index < -0.39 is 0 Å². The Morgan fingerprint density at radius 1 is 1.21 bits per heavy atom. The molecule has 2 aromatic heterocycles. The van der Waals surface area contributed by atoms with Crippen molar-refractivity contribution in [3.05, 3.63) is 71.7 Å². The van der Waals surface area contributed by atoms with E-state index in [1.807, 2.05) is 48.5 Å². The van der Waals surface area contributed by atoms with E-state index >= 15 is 0 Å². The fourth-order valence-electron chi connectivity index (χ4n) is 4.97. The summed E-state index contributed by atoms with van der Waals surface area (Å²) < 4.78 is 2.15. The van der Waals surface area contributed by atoms with Crippen LogP contribution in [-0.2, 0) is 5.54 Å². The van der Waals surface area contributed by atoms with Crippen LogP contribution in [0.5, 0.6) is 5.75 Å². The summed E-state index contributed by atoms with van der Waals surface area (Å²) in [5, 5.41) is 10.4. The van der Waals surface area contributed by atoms with Gasteiger partial charge in [-0.25, -0.2) is 4.98 Å². The highest BCUT2D eigenvalue weighted by Gasteiger charge is 2.50. The Bertz CT molecular complexity index is 1110. The number of aromatic hydroxyl groups is 1. The molecule has 1 aromatic carbocycles. The Balaban J connectivity index is 1.57. The maximum Gasteiger partial charge on any atom is 0.257 e. The molecule has 2 aliphatic heterocycles. The molecule has 1 amide bonds. The number of benzene rings is 1. The lowest BCUT2D eigenvalue weighted by Crippen LogP contribution is -2.52. The topological polar surface area (TPSA) is 61.6 Å². The van der Waals surface area contributed by atoms with Crippen molar-refractivity contribution in [2.45, 2.75) is 25.8 Å². The number of carbonyl (C=O) groups excluding carboxylic acids is 1. The fraction of sp³-hybridized carbons (Fsp3) is 0.304. The molecule has 148 valence electrons. The van der Waals surface area contributed by atoms with Gasteiger partial charge in [0.2, 0.25) is 0 Å². The predicted octanol–water partition coefficient (Wildman–Crippen LogP) is 3.47. The molecule has 5 rings (SSSR count). The van der Waals surface area contributed by atoms with Crippen LogP contribution in [0.1, 0.15) is 35.0 Å². The van der Waals surface area contributed by atoms with Crippen molar-refractivity contribution in [1.82, 2.24) is 14.5 Å². The van der Waals surface area contributed by atoms with Crippen LogP contribution in [0.2, 0.25) is 0 Å². The molecule has 0 aliphatic carbocycles. The van der Waals surface area contributed by atoms with Crippen molar-refractivity contribution in [2.24, 2.45) is 0 Å². The third-order valence-electron chi connectivity index (χ3n) is 6.35. The molecule has 1 atom stereocenters. The first kappa shape index (κ1) is 17.8. The number of rotatable bonds is 2. The Morgan fingerprint density at radius 2 is 2.07 bits per heavy atom. The van der Waals surface area contributed by atoms with Gasteiger partial charge in [0.05, 0.1) is 16.9 Å². The number of hydrogen-bond donors (Lipinski definition) is 1. The highest BCUT2D eigenvalue weighted by atomic mass is 16.3. The van der Waals surface area contributed by atoms with Gasteiger partial charge < -0.3 is 19.5 Å². The normalized spacial score (nSPS) is 20.1. The number of pyridine rings is 1. The summed E-state index contributed by atoms with van der Waals surface area (Å²) in [6, 6.07) is 13.6. The number of hydrogen-bond acceptors (Lipinski definition) is 4. The minimum absolute atomic E-state index is 0.0763. The number of fused-ring (bicyclic) bond motifs is 4. The maximum atomic E-state index is 13.3. The molecule has 1 unspecified atom stereocenters. The number of amides is 1.